The molecule has 1 aromatic carbocycles. The first-order chi connectivity index (χ1) is 8.45. The van der Waals surface area contributed by atoms with E-state index in [9.17, 15) is 13.2 Å². The van der Waals surface area contributed by atoms with Gasteiger partial charge in [-0.15, -0.1) is 0 Å². The Morgan fingerprint density at radius 2 is 2.06 bits per heavy atom. The minimum Gasteiger partial charge on any atom is -0.352 e. The van der Waals surface area contributed by atoms with Crippen molar-refractivity contribution < 1.29 is 13.2 Å². The van der Waals surface area contributed by atoms with Crippen LogP contribution in [0.4, 0.5) is 0 Å². The van der Waals surface area contributed by atoms with E-state index in [2.05, 4.69) is 12.2 Å². The molecule has 0 aliphatic rings. The Balaban J connectivity index is 2.69. The van der Waals surface area contributed by atoms with E-state index in [0.29, 0.717) is 12.1 Å². The highest BCUT2D eigenvalue weighted by molar-refractivity contribution is 7.89. The summed E-state index contributed by atoms with van der Waals surface area (Å²) in [7, 11) is -3.77. The Morgan fingerprint density at radius 1 is 1.33 bits per heavy atom. The molecule has 0 unspecified atom stereocenters. The fraction of sp³-hybridized carbons (Fsp3) is 0.417. The smallest absolute Gasteiger partial charge is 0.251 e. The predicted molar refractivity (Wildman–Crippen MR) is 69.7 cm³/mol. The number of rotatable bonds is 6. The van der Waals surface area contributed by atoms with Gasteiger partial charge in [-0.2, -0.15) is 0 Å². The third-order valence-electron chi connectivity index (χ3n) is 2.49. The largest absolute Gasteiger partial charge is 0.352 e. The van der Waals surface area contributed by atoms with Crippen molar-refractivity contribution >= 4 is 15.9 Å². The van der Waals surface area contributed by atoms with Crippen LogP contribution in [0, 0.1) is 0 Å². The lowest BCUT2D eigenvalue weighted by Crippen LogP contribution is -2.24. The molecule has 0 aromatic heterocycles. The van der Waals surface area contributed by atoms with Gasteiger partial charge in [0.2, 0.25) is 10.0 Å². The van der Waals surface area contributed by atoms with Crippen LogP contribution in [0.5, 0.6) is 0 Å². The van der Waals surface area contributed by atoms with Crippen molar-refractivity contribution in [2.75, 3.05) is 6.54 Å². The number of benzene rings is 1. The minimum absolute atomic E-state index is 0.0521. The first-order valence-corrected chi connectivity index (χ1v) is 7.41. The Bertz CT molecular complexity index is 512. The summed E-state index contributed by atoms with van der Waals surface area (Å²) in [6.07, 6.45) is 3.05. The van der Waals surface area contributed by atoms with Gasteiger partial charge in [-0.25, -0.2) is 13.6 Å². The van der Waals surface area contributed by atoms with Crippen LogP contribution in [0.15, 0.2) is 29.2 Å². The fourth-order valence-electron chi connectivity index (χ4n) is 1.49. The quantitative estimate of drug-likeness (QED) is 0.762. The summed E-state index contributed by atoms with van der Waals surface area (Å²) in [6, 6.07) is 5.71. The van der Waals surface area contributed by atoms with Gasteiger partial charge in [0.25, 0.3) is 5.91 Å². The SMILES string of the molecule is CCCCCNC(=O)c1cccc(S(N)(=O)=O)c1. The maximum atomic E-state index is 11.7. The molecular weight excluding hydrogens is 252 g/mol. The van der Waals surface area contributed by atoms with Crippen LogP contribution in [-0.2, 0) is 10.0 Å². The molecule has 3 N–H and O–H groups in total. The van der Waals surface area contributed by atoms with Crippen LogP contribution in [0.2, 0.25) is 0 Å². The second-order valence-electron chi connectivity index (χ2n) is 4.04. The van der Waals surface area contributed by atoms with Gasteiger partial charge in [0.1, 0.15) is 0 Å². The van der Waals surface area contributed by atoms with Gasteiger partial charge in [0.05, 0.1) is 4.90 Å². The van der Waals surface area contributed by atoms with E-state index in [1.165, 1.54) is 18.2 Å². The lowest BCUT2D eigenvalue weighted by Gasteiger charge is -2.05. The normalized spacial score (nSPS) is 11.2. The zero-order valence-corrected chi connectivity index (χ0v) is 11.2. The molecule has 0 radical (unpaired) electrons. The van der Waals surface area contributed by atoms with Gasteiger partial charge in [0.15, 0.2) is 0 Å². The van der Waals surface area contributed by atoms with Crippen LogP contribution in [0.3, 0.4) is 0 Å². The second kappa shape index (κ2) is 6.51. The number of unbranched alkanes of at least 4 members (excludes halogenated alkanes) is 2. The lowest BCUT2D eigenvalue weighted by atomic mass is 10.2. The number of hydrogen-bond donors (Lipinski definition) is 2. The van der Waals surface area contributed by atoms with E-state index in [1.807, 2.05) is 0 Å². The van der Waals surface area contributed by atoms with Crippen molar-refractivity contribution in [3.63, 3.8) is 0 Å². The van der Waals surface area contributed by atoms with E-state index in [0.717, 1.165) is 19.3 Å². The fourth-order valence-corrected chi connectivity index (χ4v) is 2.05. The number of carbonyl (C=O) groups excluding carboxylic acids is 1. The lowest BCUT2D eigenvalue weighted by molar-refractivity contribution is 0.0952. The highest BCUT2D eigenvalue weighted by Crippen LogP contribution is 2.09. The van der Waals surface area contributed by atoms with Crippen molar-refractivity contribution in [2.24, 2.45) is 5.14 Å². The van der Waals surface area contributed by atoms with E-state index in [1.54, 1.807) is 6.07 Å². The first kappa shape index (κ1) is 14.7. The van der Waals surface area contributed by atoms with Gasteiger partial charge in [-0.05, 0) is 24.6 Å². The van der Waals surface area contributed by atoms with Crippen molar-refractivity contribution in [1.82, 2.24) is 5.32 Å². The van der Waals surface area contributed by atoms with E-state index >= 15 is 0 Å². The Hall–Kier alpha value is -1.40. The van der Waals surface area contributed by atoms with E-state index in [4.69, 9.17) is 5.14 Å². The molecule has 0 aliphatic carbocycles. The summed E-state index contributed by atoms with van der Waals surface area (Å²) in [4.78, 5) is 11.7. The molecule has 0 heterocycles. The molecule has 6 heteroatoms. The molecule has 0 atom stereocenters. The monoisotopic (exact) mass is 270 g/mol. The highest BCUT2D eigenvalue weighted by atomic mass is 32.2. The van der Waals surface area contributed by atoms with Gasteiger partial charge in [-0.3, -0.25) is 4.79 Å². The standard InChI is InChI=1S/C12H18N2O3S/c1-2-3-4-8-14-12(15)10-6-5-7-11(9-10)18(13,16)17/h5-7,9H,2-4,8H2,1H3,(H,14,15)(H2,13,16,17). The van der Waals surface area contributed by atoms with E-state index < -0.39 is 10.0 Å². The van der Waals surface area contributed by atoms with Gasteiger partial charge >= 0.3 is 0 Å². The Morgan fingerprint density at radius 3 is 2.67 bits per heavy atom. The van der Waals surface area contributed by atoms with Gasteiger partial charge in [-0.1, -0.05) is 25.8 Å². The molecule has 0 spiro atoms. The second-order valence-corrected chi connectivity index (χ2v) is 5.60. The molecular formula is C12H18N2O3S. The molecule has 1 aromatic rings. The molecule has 1 amide bonds. The van der Waals surface area contributed by atoms with Gasteiger partial charge in [0, 0.05) is 12.1 Å². The number of nitrogens with two attached hydrogens (primary N) is 1. The molecule has 0 fully saturated rings. The summed E-state index contributed by atoms with van der Waals surface area (Å²) < 4.78 is 22.3. The maximum absolute atomic E-state index is 11.7. The number of amides is 1. The molecule has 0 aliphatic heterocycles. The van der Waals surface area contributed by atoms with Gasteiger partial charge < -0.3 is 5.32 Å². The Labute approximate surface area is 107 Å². The molecule has 0 saturated carbocycles. The molecule has 1 rings (SSSR count). The average molecular weight is 270 g/mol. The van der Waals surface area contributed by atoms with Crippen molar-refractivity contribution in [1.29, 1.82) is 0 Å². The molecule has 5 nitrogen and oxygen atoms in total. The molecule has 0 saturated heterocycles. The van der Waals surface area contributed by atoms with Crippen molar-refractivity contribution in [2.45, 2.75) is 31.1 Å². The average Bonchev–Trinajstić information content (AvgIpc) is 2.33. The minimum atomic E-state index is -3.77. The summed E-state index contributed by atoms with van der Waals surface area (Å²) in [6.45, 7) is 2.67. The third-order valence-corrected chi connectivity index (χ3v) is 3.40. The van der Waals surface area contributed by atoms with Crippen LogP contribution < -0.4 is 10.5 Å². The van der Waals surface area contributed by atoms with Crippen molar-refractivity contribution in [3.05, 3.63) is 29.8 Å². The maximum Gasteiger partial charge on any atom is 0.251 e. The zero-order valence-electron chi connectivity index (χ0n) is 10.3. The molecule has 18 heavy (non-hydrogen) atoms. The van der Waals surface area contributed by atoms with Crippen LogP contribution in [0.25, 0.3) is 0 Å². The Kier molecular flexibility index (Phi) is 5.30. The number of nitrogens with one attached hydrogen (secondary N) is 1. The summed E-state index contributed by atoms with van der Waals surface area (Å²) in [5.41, 5.74) is 0.304. The topological polar surface area (TPSA) is 89.3 Å². The van der Waals surface area contributed by atoms with Crippen LogP contribution >= 0.6 is 0 Å². The highest BCUT2D eigenvalue weighted by Gasteiger charge is 2.11. The van der Waals surface area contributed by atoms with Crippen LogP contribution in [0.1, 0.15) is 36.5 Å². The summed E-state index contributed by atoms with van der Waals surface area (Å²) >= 11 is 0. The summed E-state index contributed by atoms with van der Waals surface area (Å²) in [5, 5.41) is 7.74. The number of hydrogen-bond acceptors (Lipinski definition) is 3. The zero-order chi connectivity index (χ0) is 13.6. The number of primary sulfonamides is 1. The van der Waals surface area contributed by atoms with E-state index in [-0.39, 0.29) is 10.8 Å². The first-order valence-electron chi connectivity index (χ1n) is 5.86. The third kappa shape index (κ3) is 4.46. The summed E-state index contributed by atoms with van der Waals surface area (Å²) in [5.74, 6) is -0.281. The molecule has 0 bridgehead atoms. The van der Waals surface area contributed by atoms with Crippen LogP contribution in [-0.4, -0.2) is 20.9 Å². The van der Waals surface area contributed by atoms with Crippen molar-refractivity contribution in [3.8, 4) is 0 Å². The predicted octanol–water partition coefficient (Wildman–Crippen LogP) is 1.25. The molecule has 100 valence electrons. The number of sulfonamides is 1. The number of carbonyl (C=O) groups is 1.